The van der Waals surface area contributed by atoms with Gasteiger partial charge in [0.2, 0.25) is 0 Å². The van der Waals surface area contributed by atoms with Crippen molar-refractivity contribution in [3.8, 4) is 0 Å². The molecule has 10 heteroatoms. The molecule has 2 aromatic rings. The number of aryl methyl sites for hydroxylation is 1. The first kappa shape index (κ1) is 13.9. The van der Waals surface area contributed by atoms with Gasteiger partial charge in [-0.2, -0.15) is 4.98 Å². The average molecular weight is 295 g/mol. The lowest BCUT2D eigenvalue weighted by Gasteiger charge is -2.05. The molecule has 0 spiro atoms. The molecule has 0 bridgehead atoms. The van der Waals surface area contributed by atoms with Crippen LogP contribution in [0.5, 0.6) is 0 Å². The second-order valence-electron chi connectivity index (χ2n) is 3.53. The van der Waals surface area contributed by atoms with Gasteiger partial charge in [-0.3, -0.25) is 19.4 Å². The lowest BCUT2D eigenvalue weighted by molar-refractivity contribution is 0.0593. The van der Waals surface area contributed by atoms with Crippen molar-refractivity contribution in [3.05, 3.63) is 38.8 Å². The van der Waals surface area contributed by atoms with Crippen molar-refractivity contribution < 1.29 is 9.53 Å². The van der Waals surface area contributed by atoms with Gasteiger partial charge in [-0.15, -0.1) is 0 Å². The predicted molar refractivity (Wildman–Crippen MR) is 67.6 cm³/mol. The Morgan fingerprint density at radius 3 is 2.70 bits per heavy atom. The van der Waals surface area contributed by atoms with Crippen LogP contribution in [0.25, 0.3) is 0 Å². The molecule has 0 atom stereocenters. The average Bonchev–Trinajstić information content (AvgIpc) is 2.44. The van der Waals surface area contributed by atoms with Crippen molar-refractivity contribution in [2.24, 2.45) is 7.05 Å². The Hall–Kier alpha value is -2.49. The SMILES string of the molecule is COC(=O)c1cnc(Sc2nc(=O)c(=O)[nH]n2C)cn1. The van der Waals surface area contributed by atoms with Crippen molar-refractivity contribution in [2.45, 2.75) is 10.2 Å². The van der Waals surface area contributed by atoms with Gasteiger partial charge in [0.15, 0.2) is 10.9 Å². The summed E-state index contributed by atoms with van der Waals surface area (Å²) in [6.07, 6.45) is 2.59. The highest BCUT2D eigenvalue weighted by Gasteiger charge is 2.10. The van der Waals surface area contributed by atoms with Crippen molar-refractivity contribution in [1.82, 2.24) is 24.7 Å². The summed E-state index contributed by atoms with van der Waals surface area (Å²) in [6.45, 7) is 0. The van der Waals surface area contributed by atoms with E-state index >= 15 is 0 Å². The summed E-state index contributed by atoms with van der Waals surface area (Å²) in [7, 11) is 2.78. The van der Waals surface area contributed by atoms with E-state index in [4.69, 9.17) is 0 Å². The lowest BCUT2D eigenvalue weighted by atomic mass is 10.5. The Morgan fingerprint density at radius 2 is 2.10 bits per heavy atom. The molecule has 20 heavy (non-hydrogen) atoms. The minimum Gasteiger partial charge on any atom is -0.464 e. The van der Waals surface area contributed by atoms with Crippen LogP contribution in [0.1, 0.15) is 10.5 Å². The van der Waals surface area contributed by atoms with Crippen LogP contribution in [0, 0.1) is 0 Å². The molecule has 0 radical (unpaired) electrons. The second kappa shape index (κ2) is 5.65. The summed E-state index contributed by atoms with van der Waals surface area (Å²) in [5.74, 6) is -0.594. The Kier molecular flexibility index (Phi) is 3.94. The molecule has 0 saturated heterocycles. The van der Waals surface area contributed by atoms with Gasteiger partial charge in [0.1, 0.15) is 5.03 Å². The zero-order valence-electron chi connectivity index (χ0n) is 10.5. The molecule has 0 aliphatic rings. The molecule has 0 amide bonds. The van der Waals surface area contributed by atoms with Gasteiger partial charge in [0, 0.05) is 7.05 Å². The standard InChI is InChI=1S/C10H9N5O4S/c1-15-10(13-7(16)8(17)14-15)20-6-4-11-5(3-12-6)9(18)19-2/h3-4H,1-2H3,(H,14,17). The van der Waals surface area contributed by atoms with Gasteiger partial charge in [-0.1, -0.05) is 0 Å². The van der Waals surface area contributed by atoms with E-state index in [-0.39, 0.29) is 10.9 Å². The minimum atomic E-state index is -0.884. The number of nitrogens with zero attached hydrogens (tertiary/aromatic N) is 4. The summed E-state index contributed by atoms with van der Waals surface area (Å²) in [5.41, 5.74) is -1.62. The third-order valence-corrected chi connectivity index (χ3v) is 3.13. The van der Waals surface area contributed by atoms with Gasteiger partial charge >= 0.3 is 17.1 Å². The molecule has 0 aliphatic carbocycles. The number of carbonyl (C=O) groups excluding carboxylic acids is 1. The summed E-state index contributed by atoms with van der Waals surface area (Å²) in [4.78, 5) is 44.9. The monoisotopic (exact) mass is 295 g/mol. The first-order chi connectivity index (χ1) is 9.51. The van der Waals surface area contributed by atoms with Crippen LogP contribution in [0.2, 0.25) is 0 Å². The van der Waals surface area contributed by atoms with Gasteiger partial charge in [0.05, 0.1) is 19.5 Å². The Labute approximate surface area is 116 Å². The number of carbonyl (C=O) groups is 1. The number of rotatable bonds is 3. The Balaban J connectivity index is 2.27. The zero-order valence-corrected chi connectivity index (χ0v) is 11.3. The number of hydrogen-bond donors (Lipinski definition) is 1. The third kappa shape index (κ3) is 2.91. The maximum absolute atomic E-state index is 11.2. The molecule has 104 valence electrons. The van der Waals surface area contributed by atoms with Crippen LogP contribution in [-0.4, -0.2) is 37.8 Å². The summed E-state index contributed by atoms with van der Waals surface area (Å²) in [5, 5.41) is 2.96. The van der Waals surface area contributed by atoms with Crippen molar-refractivity contribution in [2.75, 3.05) is 7.11 Å². The Morgan fingerprint density at radius 1 is 1.35 bits per heavy atom. The molecule has 2 aromatic heterocycles. The van der Waals surface area contributed by atoms with E-state index in [9.17, 15) is 14.4 Å². The number of H-pyrrole nitrogens is 1. The van der Waals surface area contributed by atoms with Gasteiger partial charge < -0.3 is 4.74 Å². The molecule has 2 rings (SSSR count). The molecule has 1 N–H and O–H groups in total. The highest BCUT2D eigenvalue weighted by molar-refractivity contribution is 7.99. The quantitative estimate of drug-likeness (QED) is 0.577. The lowest BCUT2D eigenvalue weighted by Crippen LogP contribution is -2.33. The van der Waals surface area contributed by atoms with E-state index in [1.807, 2.05) is 0 Å². The normalized spacial score (nSPS) is 10.3. The fourth-order valence-electron chi connectivity index (χ4n) is 1.22. The molecule has 9 nitrogen and oxygen atoms in total. The highest BCUT2D eigenvalue weighted by atomic mass is 32.2. The fraction of sp³-hybridized carbons (Fsp3) is 0.200. The highest BCUT2D eigenvalue weighted by Crippen LogP contribution is 2.20. The van der Waals surface area contributed by atoms with Crippen molar-refractivity contribution in [3.63, 3.8) is 0 Å². The molecule has 0 aromatic carbocycles. The van der Waals surface area contributed by atoms with Gasteiger partial charge in [0.25, 0.3) is 0 Å². The predicted octanol–water partition coefficient (Wildman–Crippen LogP) is -0.804. The number of hydrogen-bond acceptors (Lipinski definition) is 8. The first-order valence-electron chi connectivity index (χ1n) is 5.27. The summed E-state index contributed by atoms with van der Waals surface area (Å²) >= 11 is 1.02. The van der Waals surface area contributed by atoms with E-state index in [0.29, 0.717) is 5.03 Å². The van der Waals surface area contributed by atoms with Crippen LogP contribution < -0.4 is 11.1 Å². The fourth-order valence-corrected chi connectivity index (χ4v) is 1.93. The summed E-state index contributed by atoms with van der Waals surface area (Å²) in [6, 6.07) is 0. The van der Waals surface area contributed by atoms with E-state index in [2.05, 4.69) is 24.8 Å². The number of ether oxygens (including phenoxy) is 1. The molecule has 0 unspecified atom stereocenters. The topological polar surface area (TPSA) is 120 Å². The summed E-state index contributed by atoms with van der Waals surface area (Å²) < 4.78 is 5.79. The van der Waals surface area contributed by atoms with E-state index in [1.165, 1.54) is 31.2 Å². The largest absolute Gasteiger partial charge is 0.464 e. The molecule has 0 saturated carbocycles. The molecular formula is C10H9N5O4S. The van der Waals surface area contributed by atoms with Crippen LogP contribution in [0.15, 0.2) is 32.2 Å². The van der Waals surface area contributed by atoms with Gasteiger partial charge in [-0.05, 0) is 11.8 Å². The van der Waals surface area contributed by atoms with E-state index in [1.54, 1.807) is 0 Å². The van der Waals surface area contributed by atoms with E-state index < -0.39 is 17.1 Å². The maximum atomic E-state index is 11.2. The van der Waals surface area contributed by atoms with Crippen LogP contribution in [0.3, 0.4) is 0 Å². The van der Waals surface area contributed by atoms with Gasteiger partial charge in [-0.25, -0.2) is 14.8 Å². The van der Waals surface area contributed by atoms with E-state index in [0.717, 1.165) is 11.8 Å². The number of nitrogens with one attached hydrogen (secondary N) is 1. The van der Waals surface area contributed by atoms with Crippen molar-refractivity contribution in [1.29, 1.82) is 0 Å². The molecule has 0 aliphatic heterocycles. The molecule has 2 heterocycles. The number of aromatic amines is 1. The number of aromatic nitrogens is 5. The second-order valence-corrected chi connectivity index (χ2v) is 4.52. The zero-order chi connectivity index (χ0) is 14.7. The van der Waals surface area contributed by atoms with Crippen molar-refractivity contribution >= 4 is 17.7 Å². The smallest absolute Gasteiger partial charge is 0.358 e. The minimum absolute atomic E-state index is 0.0696. The van der Waals surface area contributed by atoms with Crippen LogP contribution in [0.4, 0.5) is 0 Å². The molecule has 0 fully saturated rings. The maximum Gasteiger partial charge on any atom is 0.358 e. The molecular weight excluding hydrogens is 286 g/mol. The first-order valence-corrected chi connectivity index (χ1v) is 6.08. The number of esters is 1. The third-order valence-electron chi connectivity index (χ3n) is 2.17. The number of methoxy groups -OCH3 is 1. The Bertz CT molecular complexity index is 751. The van der Waals surface area contributed by atoms with Crippen LogP contribution in [-0.2, 0) is 11.8 Å². The van der Waals surface area contributed by atoms with Crippen LogP contribution >= 0.6 is 11.8 Å².